The Hall–Kier alpha value is -1.79. The molecule has 2 aromatic rings. The van der Waals surface area contributed by atoms with Gasteiger partial charge in [0, 0.05) is 5.75 Å². The zero-order chi connectivity index (χ0) is 14.3. The van der Waals surface area contributed by atoms with Crippen molar-refractivity contribution in [2.24, 2.45) is 0 Å². The molecule has 2 N–H and O–H groups in total. The summed E-state index contributed by atoms with van der Waals surface area (Å²) in [7, 11) is 0. The molecule has 2 atom stereocenters. The second kappa shape index (κ2) is 4.96. The van der Waals surface area contributed by atoms with Gasteiger partial charge in [0.05, 0.1) is 16.3 Å². The molecule has 1 aliphatic rings. The van der Waals surface area contributed by atoms with E-state index in [0.717, 1.165) is 5.56 Å². The highest BCUT2D eigenvalue weighted by atomic mass is 32.2. The Balaban J connectivity index is 2.03. The van der Waals surface area contributed by atoms with Crippen LogP contribution in [-0.4, -0.2) is 22.9 Å². The molecule has 1 fully saturated rings. The van der Waals surface area contributed by atoms with Crippen LogP contribution in [0.1, 0.15) is 16.5 Å². The summed E-state index contributed by atoms with van der Waals surface area (Å²) in [5.74, 6) is -0.466. The third-order valence-electron chi connectivity index (χ3n) is 3.32. The lowest BCUT2D eigenvalue weighted by Gasteiger charge is -2.10. The van der Waals surface area contributed by atoms with Crippen molar-refractivity contribution in [1.29, 1.82) is 0 Å². The van der Waals surface area contributed by atoms with Gasteiger partial charge in [0.15, 0.2) is 5.43 Å². The van der Waals surface area contributed by atoms with Crippen molar-refractivity contribution in [2.45, 2.75) is 18.3 Å². The first-order valence-corrected chi connectivity index (χ1v) is 7.23. The molecule has 1 aromatic heterocycles. The second-order valence-corrected chi connectivity index (χ2v) is 5.93. The first-order chi connectivity index (χ1) is 9.56. The number of hydrogen-bond acceptors (Lipinski definition) is 5. The summed E-state index contributed by atoms with van der Waals surface area (Å²) in [4.78, 5) is 23.4. The number of aryl methyl sites for hydroxylation is 1. The predicted octanol–water partition coefficient (Wildman–Crippen LogP) is 1.89. The van der Waals surface area contributed by atoms with Gasteiger partial charge in [0.25, 0.3) is 0 Å². The molecule has 104 valence electrons. The fourth-order valence-corrected chi connectivity index (χ4v) is 3.46. The number of thioether (sulfide) groups is 1. The van der Waals surface area contributed by atoms with Crippen LogP contribution in [0.5, 0.6) is 0 Å². The highest BCUT2D eigenvalue weighted by Gasteiger charge is 2.32. The minimum Gasteiger partial charge on any atom is -0.480 e. The molecule has 0 unspecified atom stereocenters. The molecule has 1 saturated heterocycles. The molecular formula is C14H13NO4S. The van der Waals surface area contributed by atoms with E-state index in [9.17, 15) is 9.59 Å². The first-order valence-electron chi connectivity index (χ1n) is 6.19. The van der Waals surface area contributed by atoms with E-state index in [1.165, 1.54) is 18.0 Å². The van der Waals surface area contributed by atoms with Crippen molar-refractivity contribution in [2.75, 3.05) is 5.75 Å². The number of carboxylic acid groups (broad SMARTS) is 1. The maximum absolute atomic E-state index is 12.5. The van der Waals surface area contributed by atoms with Crippen LogP contribution in [0, 0.1) is 6.92 Å². The molecule has 1 aliphatic heterocycles. The van der Waals surface area contributed by atoms with E-state index in [4.69, 9.17) is 9.52 Å². The molecule has 0 radical (unpaired) electrons. The third-order valence-corrected chi connectivity index (χ3v) is 4.57. The smallest absolute Gasteiger partial charge is 0.321 e. The van der Waals surface area contributed by atoms with Crippen molar-refractivity contribution in [3.8, 4) is 0 Å². The van der Waals surface area contributed by atoms with Crippen LogP contribution in [0.15, 0.2) is 33.7 Å². The van der Waals surface area contributed by atoms with E-state index in [0.29, 0.717) is 22.3 Å². The van der Waals surface area contributed by atoms with Gasteiger partial charge in [-0.3, -0.25) is 14.9 Å². The van der Waals surface area contributed by atoms with Crippen LogP contribution in [-0.2, 0) is 4.79 Å². The normalized spacial score (nSPS) is 22.2. The lowest BCUT2D eigenvalue weighted by Crippen LogP contribution is -2.34. The van der Waals surface area contributed by atoms with Gasteiger partial charge < -0.3 is 9.52 Å². The molecule has 3 rings (SSSR count). The topological polar surface area (TPSA) is 79.5 Å². The van der Waals surface area contributed by atoms with Crippen LogP contribution in [0.2, 0.25) is 0 Å². The van der Waals surface area contributed by atoms with E-state index in [1.54, 1.807) is 12.1 Å². The Kier molecular flexibility index (Phi) is 3.27. The number of benzene rings is 1. The zero-order valence-electron chi connectivity index (χ0n) is 10.8. The van der Waals surface area contributed by atoms with Crippen molar-refractivity contribution in [1.82, 2.24) is 5.32 Å². The summed E-state index contributed by atoms with van der Waals surface area (Å²) in [6, 6.07) is 4.82. The van der Waals surface area contributed by atoms with E-state index in [1.807, 2.05) is 13.0 Å². The number of fused-ring (bicyclic) bond motifs is 1. The standard InChI is InChI=1S/C14H13NO4S/c1-7-2-3-11-8(4-7)12(16)9(5-19-11)13-15-10(6-20-13)14(17)18/h2-5,10,13,15H,6H2,1H3,(H,17,18)/t10-,13-/m0/s1. The maximum Gasteiger partial charge on any atom is 0.321 e. The lowest BCUT2D eigenvalue weighted by molar-refractivity contribution is -0.138. The van der Waals surface area contributed by atoms with Crippen molar-refractivity contribution >= 4 is 28.7 Å². The van der Waals surface area contributed by atoms with Crippen LogP contribution >= 0.6 is 11.8 Å². The van der Waals surface area contributed by atoms with Gasteiger partial charge in [-0.25, -0.2) is 0 Å². The van der Waals surface area contributed by atoms with E-state index < -0.39 is 12.0 Å². The lowest BCUT2D eigenvalue weighted by atomic mass is 10.1. The fourth-order valence-electron chi connectivity index (χ4n) is 2.23. The monoisotopic (exact) mass is 291 g/mol. The Morgan fingerprint density at radius 2 is 2.30 bits per heavy atom. The van der Waals surface area contributed by atoms with Crippen LogP contribution in [0.3, 0.4) is 0 Å². The van der Waals surface area contributed by atoms with Crippen molar-refractivity contribution < 1.29 is 14.3 Å². The number of nitrogens with one attached hydrogen (secondary N) is 1. The molecule has 6 heteroatoms. The zero-order valence-corrected chi connectivity index (χ0v) is 11.6. The average molecular weight is 291 g/mol. The Labute approximate surface area is 119 Å². The summed E-state index contributed by atoms with van der Waals surface area (Å²) in [6.45, 7) is 1.91. The highest BCUT2D eigenvalue weighted by molar-refractivity contribution is 7.99. The van der Waals surface area contributed by atoms with Gasteiger partial charge in [0.1, 0.15) is 17.9 Å². The minimum atomic E-state index is -0.902. The van der Waals surface area contributed by atoms with Gasteiger partial charge >= 0.3 is 5.97 Å². The second-order valence-electron chi connectivity index (χ2n) is 4.79. The first kappa shape index (κ1) is 13.2. The van der Waals surface area contributed by atoms with Gasteiger partial charge in [-0.15, -0.1) is 11.8 Å². The molecule has 0 aliphatic carbocycles. The number of rotatable bonds is 2. The van der Waals surface area contributed by atoms with E-state index in [2.05, 4.69) is 5.32 Å². The number of carboxylic acids is 1. The summed E-state index contributed by atoms with van der Waals surface area (Å²) in [5.41, 5.74) is 1.89. The molecule has 2 heterocycles. The quantitative estimate of drug-likeness (QED) is 0.879. The summed E-state index contributed by atoms with van der Waals surface area (Å²) in [6.07, 6.45) is 1.43. The Bertz CT molecular complexity index is 740. The summed E-state index contributed by atoms with van der Waals surface area (Å²) >= 11 is 1.41. The fraction of sp³-hybridized carbons (Fsp3) is 0.286. The molecule has 20 heavy (non-hydrogen) atoms. The molecule has 0 bridgehead atoms. The number of carbonyl (C=O) groups is 1. The van der Waals surface area contributed by atoms with Gasteiger partial charge in [-0.05, 0) is 19.1 Å². The maximum atomic E-state index is 12.5. The van der Waals surface area contributed by atoms with Gasteiger partial charge in [0.2, 0.25) is 0 Å². The Morgan fingerprint density at radius 1 is 1.50 bits per heavy atom. The molecule has 5 nitrogen and oxygen atoms in total. The van der Waals surface area contributed by atoms with Gasteiger partial charge in [-0.2, -0.15) is 0 Å². The number of aliphatic carboxylic acids is 1. The van der Waals surface area contributed by atoms with Crippen molar-refractivity contribution in [3.63, 3.8) is 0 Å². The third kappa shape index (κ3) is 2.21. The highest BCUT2D eigenvalue weighted by Crippen LogP contribution is 2.32. The SMILES string of the molecule is Cc1ccc2occ([C@H]3N[C@H](C(=O)O)CS3)c(=O)c2c1. The Morgan fingerprint density at radius 3 is 3.00 bits per heavy atom. The van der Waals surface area contributed by atoms with Crippen molar-refractivity contribution in [3.05, 3.63) is 45.8 Å². The summed E-state index contributed by atoms with van der Waals surface area (Å²) < 4.78 is 5.49. The van der Waals surface area contributed by atoms with E-state index in [-0.39, 0.29) is 10.8 Å². The van der Waals surface area contributed by atoms with Crippen LogP contribution in [0.25, 0.3) is 11.0 Å². The predicted molar refractivity (Wildman–Crippen MR) is 77.0 cm³/mol. The molecule has 0 amide bonds. The molecule has 0 spiro atoms. The largest absolute Gasteiger partial charge is 0.480 e. The molecule has 0 saturated carbocycles. The van der Waals surface area contributed by atoms with Crippen LogP contribution < -0.4 is 10.7 Å². The van der Waals surface area contributed by atoms with Gasteiger partial charge in [-0.1, -0.05) is 11.6 Å². The average Bonchev–Trinajstić information content (AvgIpc) is 2.89. The summed E-state index contributed by atoms with van der Waals surface area (Å²) in [5, 5.41) is 12.1. The molecular weight excluding hydrogens is 278 g/mol. The van der Waals surface area contributed by atoms with Crippen LogP contribution in [0.4, 0.5) is 0 Å². The number of hydrogen-bond donors (Lipinski definition) is 2. The minimum absolute atomic E-state index is 0.106. The van der Waals surface area contributed by atoms with E-state index >= 15 is 0 Å². The molecule has 1 aromatic carbocycles.